The summed E-state index contributed by atoms with van der Waals surface area (Å²) >= 11 is 0. The maximum atomic E-state index is 14.3. The van der Waals surface area contributed by atoms with Crippen molar-refractivity contribution in [2.24, 2.45) is 0 Å². The Morgan fingerprint density at radius 1 is 1.27 bits per heavy atom. The highest BCUT2D eigenvalue weighted by Crippen LogP contribution is 2.32. The number of esters is 1. The molecule has 3 aromatic rings. The molecule has 1 aliphatic rings. The zero-order valence-electron chi connectivity index (χ0n) is 17.2. The third-order valence-electron chi connectivity index (χ3n) is 5.18. The lowest BCUT2D eigenvalue weighted by Gasteiger charge is -2.29. The van der Waals surface area contributed by atoms with Gasteiger partial charge in [-0.1, -0.05) is 6.58 Å². The minimum absolute atomic E-state index is 0.104. The van der Waals surface area contributed by atoms with Gasteiger partial charge in [-0.05, 0) is 48.7 Å². The predicted octanol–water partition coefficient (Wildman–Crippen LogP) is 3.50. The number of hydrogen-bond donors (Lipinski definition) is 0. The van der Waals surface area contributed by atoms with Gasteiger partial charge in [0, 0.05) is 24.8 Å². The number of nitrogens with zero attached hydrogens (tertiary/aromatic N) is 4. The van der Waals surface area contributed by atoms with E-state index in [1.165, 1.54) is 19.2 Å². The maximum Gasteiger partial charge on any atom is 0.340 e. The molecule has 0 atom stereocenters. The molecule has 3 heterocycles. The number of benzene rings is 1. The number of methoxy groups -OCH3 is 1. The van der Waals surface area contributed by atoms with Crippen LogP contribution in [0.25, 0.3) is 22.3 Å². The number of hydrogen-bond acceptors (Lipinski definition) is 6. The van der Waals surface area contributed by atoms with E-state index in [4.69, 9.17) is 9.47 Å². The van der Waals surface area contributed by atoms with E-state index in [2.05, 4.69) is 21.6 Å². The molecule has 4 rings (SSSR count). The molecule has 0 radical (unpaired) electrons. The van der Waals surface area contributed by atoms with Gasteiger partial charge in [0.05, 0.1) is 31.6 Å². The molecule has 0 saturated carbocycles. The average molecular weight is 410 g/mol. The zero-order valence-corrected chi connectivity index (χ0v) is 17.2. The van der Waals surface area contributed by atoms with E-state index in [-0.39, 0.29) is 5.56 Å². The van der Waals surface area contributed by atoms with Crippen LogP contribution >= 0.6 is 0 Å². The quantitative estimate of drug-likeness (QED) is 0.614. The highest BCUT2D eigenvalue weighted by atomic mass is 19.1. The summed E-state index contributed by atoms with van der Waals surface area (Å²) in [5, 5.41) is 4.56. The number of aryl methyl sites for hydroxylation is 1. The van der Waals surface area contributed by atoms with Gasteiger partial charge >= 0.3 is 5.97 Å². The lowest BCUT2D eigenvalue weighted by molar-refractivity contribution is 0.0595. The van der Waals surface area contributed by atoms with Crippen molar-refractivity contribution in [3.05, 3.63) is 53.7 Å². The van der Waals surface area contributed by atoms with Gasteiger partial charge in [-0.2, -0.15) is 0 Å². The molecule has 1 saturated heterocycles. The van der Waals surface area contributed by atoms with Crippen LogP contribution in [0, 0.1) is 12.7 Å². The summed E-state index contributed by atoms with van der Waals surface area (Å²) in [5.74, 6) is -0.760. The molecule has 8 heteroatoms. The van der Waals surface area contributed by atoms with Crippen molar-refractivity contribution in [1.29, 1.82) is 0 Å². The summed E-state index contributed by atoms with van der Waals surface area (Å²) in [4.78, 5) is 18.9. The first-order valence-corrected chi connectivity index (χ1v) is 9.67. The minimum atomic E-state index is -0.714. The third kappa shape index (κ3) is 3.54. The summed E-state index contributed by atoms with van der Waals surface area (Å²) in [5.41, 5.74) is 4.50. The van der Waals surface area contributed by atoms with E-state index < -0.39 is 11.8 Å². The second kappa shape index (κ2) is 7.87. The summed E-state index contributed by atoms with van der Waals surface area (Å²) in [6.07, 6.45) is 1.83. The van der Waals surface area contributed by atoms with E-state index in [9.17, 15) is 9.18 Å². The molecule has 0 amide bonds. The first-order chi connectivity index (χ1) is 14.4. The lowest BCUT2D eigenvalue weighted by Crippen LogP contribution is -2.36. The topological polar surface area (TPSA) is 69.0 Å². The summed E-state index contributed by atoms with van der Waals surface area (Å²) in [6.45, 7) is 10.3. The molecular formula is C22H23FN4O3. The normalized spacial score (nSPS) is 14.2. The van der Waals surface area contributed by atoms with Gasteiger partial charge < -0.3 is 14.4 Å². The van der Waals surface area contributed by atoms with Crippen molar-refractivity contribution in [1.82, 2.24) is 14.6 Å². The van der Waals surface area contributed by atoms with E-state index in [0.717, 1.165) is 35.5 Å². The molecule has 30 heavy (non-hydrogen) atoms. The molecule has 1 fully saturated rings. The van der Waals surface area contributed by atoms with Gasteiger partial charge in [0.2, 0.25) is 0 Å². The van der Waals surface area contributed by atoms with Crippen LogP contribution < -0.4 is 4.90 Å². The number of pyridine rings is 1. The molecule has 7 nitrogen and oxygen atoms in total. The first kappa shape index (κ1) is 20.0. The summed E-state index contributed by atoms with van der Waals surface area (Å²) < 4.78 is 26.3. The Morgan fingerprint density at radius 3 is 2.67 bits per heavy atom. The number of carbonyl (C=O) groups is 1. The molecular weight excluding hydrogens is 387 g/mol. The predicted molar refractivity (Wildman–Crippen MR) is 112 cm³/mol. The van der Waals surface area contributed by atoms with Crippen LogP contribution in [-0.4, -0.2) is 54.0 Å². The largest absolute Gasteiger partial charge is 0.465 e. The molecule has 2 aromatic heterocycles. The maximum absolute atomic E-state index is 14.3. The van der Waals surface area contributed by atoms with Gasteiger partial charge in [-0.25, -0.2) is 18.7 Å². The molecule has 1 aromatic carbocycles. The fourth-order valence-corrected chi connectivity index (χ4v) is 3.58. The van der Waals surface area contributed by atoms with Crippen LogP contribution in [0.2, 0.25) is 0 Å². The Balaban J connectivity index is 1.93. The molecule has 0 spiro atoms. The minimum Gasteiger partial charge on any atom is -0.465 e. The van der Waals surface area contributed by atoms with Crippen LogP contribution in [0.3, 0.4) is 0 Å². The van der Waals surface area contributed by atoms with Crippen molar-refractivity contribution in [2.45, 2.75) is 13.8 Å². The van der Waals surface area contributed by atoms with Gasteiger partial charge in [0.1, 0.15) is 5.82 Å². The van der Waals surface area contributed by atoms with Crippen molar-refractivity contribution in [3.8, 4) is 11.1 Å². The second-order valence-corrected chi connectivity index (χ2v) is 7.34. The second-order valence-electron chi connectivity index (χ2n) is 7.34. The number of allylic oxidation sites excluding steroid dienone is 1. The number of halogens is 1. The van der Waals surface area contributed by atoms with E-state index in [1.807, 2.05) is 19.2 Å². The van der Waals surface area contributed by atoms with Crippen LogP contribution in [0.1, 0.15) is 28.7 Å². The molecule has 0 unspecified atom stereocenters. The van der Waals surface area contributed by atoms with E-state index >= 15 is 0 Å². The third-order valence-corrected chi connectivity index (χ3v) is 5.18. The standard InChI is InChI=1S/C22H23FN4O3/c1-13(2)20-24-21-19(26-5-7-30-8-6-26)10-15(12-27(21)25-20)16-11-17(22(28)29-4)18(23)9-14(16)3/h9-12H,1,5-8H2,2-4H3. The van der Waals surface area contributed by atoms with E-state index in [0.29, 0.717) is 30.2 Å². The number of aromatic nitrogens is 3. The Morgan fingerprint density at radius 2 is 2.00 bits per heavy atom. The Labute approximate surface area is 173 Å². The molecule has 0 aliphatic carbocycles. The number of ether oxygens (including phenoxy) is 2. The van der Waals surface area contributed by atoms with Gasteiger partial charge in [0.15, 0.2) is 11.5 Å². The fourth-order valence-electron chi connectivity index (χ4n) is 3.58. The summed E-state index contributed by atoms with van der Waals surface area (Å²) in [6, 6.07) is 4.87. The number of carbonyl (C=O) groups excluding carboxylic acids is 1. The monoisotopic (exact) mass is 410 g/mol. The van der Waals surface area contributed by atoms with Crippen molar-refractivity contribution in [2.75, 3.05) is 38.3 Å². The molecule has 1 aliphatic heterocycles. The summed E-state index contributed by atoms with van der Waals surface area (Å²) in [7, 11) is 1.23. The number of rotatable bonds is 4. The highest BCUT2D eigenvalue weighted by Gasteiger charge is 2.21. The fraction of sp³-hybridized carbons (Fsp3) is 0.318. The number of morpholine rings is 1. The Bertz CT molecular complexity index is 1150. The smallest absolute Gasteiger partial charge is 0.340 e. The molecule has 156 valence electrons. The van der Waals surface area contributed by atoms with Crippen LogP contribution in [-0.2, 0) is 9.47 Å². The SMILES string of the molecule is C=C(C)c1nc2c(N3CCOCC3)cc(-c3cc(C(=O)OC)c(F)cc3C)cn2n1. The molecule has 0 bridgehead atoms. The first-order valence-electron chi connectivity index (χ1n) is 9.67. The van der Waals surface area contributed by atoms with Crippen LogP contribution in [0.15, 0.2) is 31.0 Å². The van der Waals surface area contributed by atoms with E-state index in [1.54, 1.807) is 11.4 Å². The number of fused-ring (bicyclic) bond motifs is 1. The van der Waals surface area contributed by atoms with Gasteiger partial charge in [-0.3, -0.25) is 0 Å². The van der Waals surface area contributed by atoms with Crippen LogP contribution in [0.4, 0.5) is 10.1 Å². The number of anilines is 1. The zero-order chi connectivity index (χ0) is 21.4. The van der Waals surface area contributed by atoms with Crippen molar-refractivity contribution in [3.63, 3.8) is 0 Å². The lowest BCUT2D eigenvalue weighted by atomic mass is 9.98. The highest BCUT2D eigenvalue weighted by molar-refractivity contribution is 5.92. The van der Waals surface area contributed by atoms with Crippen molar-refractivity contribution >= 4 is 22.9 Å². The average Bonchev–Trinajstić information content (AvgIpc) is 3.18. The van der Waals surface area contributed by atoms with Crippen molar-refractivity contribution < 1.29 is 18.7 Å². The Kier molecular flexibility index (Phi) is 5.26. The molecule has 0 N–H and O–H groups in total. The van der Waals surface area contributed by atoms with Gasteiger partial charge in [0.25, 0.3) is 0 Å². The Hall–Kier alpha value is -3.26. The van der Waals surface area contributed by atoms with Gasteiger partial charge in [-0.15, -0.1) is 5.10 Å². The van der Waals surface area contributed by atoms with Crippen LogP contribution in [0.5, 0.6) is 0 Å².